The van der Waals surface area contributed by atoms with Gasteiger partial charge in [0, 0.05) is 29.7 Å². The van der Waals surface area contributed by atoms with Crippen LogP contribution in [0.15, 0.2) is 60.9 Å². The summed E-state index contributed by atoms with van der Waals surface area (Å²) >= 11 is 0. The van der Waals surface area contributed by atoms with Crippen molar-refractivity contribution in [1.29, 1.82) is 0 Å². The molecule has 1 saturated carbocycles. The summed E-state index contributed by atoms with van der Waals surface area (Å²) in [4.78, 5) is 35.1. The summed E-state index contributed by atoms with van der Waals surface area (Å²) in [6.07, 6.45) is 7.26. The highest BCUT2D eigenvalue weighted by atomic mass is 16.5. The lowest BCUT2D eigenvalue weighted by Crippen LogP contribution is -2.47. The van der Waals surface area contributed by atoms with Crippen molar-refractivity contribution in [1.82, 2.24) is 30.5 Å². The first-order valence-corrected chi connectivity index (χ1v) is 14.0. The minimum atomic E-state index is -0.921. The molecule has 11 nitrogen and oxygen atoms in total. The summed E-state index contributed by atoms with van der Waals surface area (Å²) in [5, 5.41) is 16.0. The van der Waals surface area contributed by atoms with Gasteiger partial charge in [-0.05, 0) is 85.0 Å². The molecule has 2 amide bonds. The van der Waals surface area contributed by atoms with Crippen LogP contribution < -0.4 is 19.7 Å². The quantitative estimate of drug-likeness (QED) is 0.301. The number of methoxy groups -OCH3 is 2. The number of rotatable bonds is 10. The number of tetrazole rings is 1. The van der Waals surface area contributed by atoms with Crippen LogP contribution in [0.25, 0.3) is 11.4 Å². The molecule has 4 aromatic rings. The van der Waals surface area contributed by atoms with E-state index in [1.54, 1.807) is 61.8 Å². The van der Waals surface area contributed by atoms with Gasteiger partial charge < -0.3 is 14.8 Å². The Balaban J connectivity index is 1.51. The molecule has 2 aromatic heterocycles. The number of nitrogens with one attached hydrogen (secondary N) is 1. The predicted octanol–water partition coefficient (Wildman–Crippen LogP) is 4.20. The number of carbonyl (C=O) groups is 2. The van der Waals surface area contributed by atoms with Crippen molar-refractivity contribution in [2.24, 2.45) is 0 Å². The molecule has 0 spiro atoms. The maximum absolute atomic E-state index is 14.2. The Labute approximate surface area is 244 Å². The number of nitrogens with zero attached hydrogens (tertiary/aromatic N) is 6. The van der Waals surface area contributed by atoms with E-state index in [0.29, 0.717) is 34.1 Å². The Morgan fingerprint density at radius 2 is 1.76 bits per heavy atom. The molecule has 42 heavy (non-hydrogen) atoms. The highest BCUT2D eigenvalue weighted by Gasteiger charge is 2.35. The van der Waals surface area contributed by atoms with Gasteiger partial charge in [-0.1, -0.05) is 25.0 Å². The van der Waals surface area contributed by atoms with E-state index in [9.17, 15) is 9.59 Å². The van der Waals surface area contributed by atoms with Crippen LogP contribution in [0.1, 0.15) is 48.4 Å². The normalized spacial score (nSPS) is 13.9. The average molecular weight is 570 g/mol. The van der Waals surface area contributed by atoms with Gasteiger partial charge in [-0.25, -0.2) is 0 Å². The molecule has 1 aliphatic rings. The zero-order chi connectivity index (χ0) is 29.6. The summed E-state index contributed by atoms with van der Waals surface area (Å²) in [6, 6.07) is 13.7. The van der Waals surface area contributed by atoms with Crippen LogP contribution in [0.2, 0.25) is 0 Å². The Morgan fingerprint density at radius 1 is 1.02 bits per heavy atom. The molecular weight excluding hydrogens is 534 g/mol. The average Bonchev–Trinajstić information content (AvgIpc) is 3.70. The van der Waals surface area contributed by atoms with E-state index in [2.05, 4.69) is 25.7 Å². The van der Waals surface area contributed by atoms with Crippen LogP contribution in [-0.4, -0.2) is 57.3 Å². The monoisotopic (exact) mass is 569 g/mol. The number of hydrogen-bond donors (Lipinski definition) is 1. The predicted molar refractivity (Wildman–Crippen MR) is 157 cm³/mol. The number of aryl methyl sites for hydroxylation is 1. The highest BCUT2D eigenvalue weighted by molar-refractivity contribution is 6.02. The molecule has 5 rings (SSSR count). The van der Waals surface area contributed by atoms with Gasteiger partial charge in [0.1, 0.15) is 12.6 Å². The van der Waals surface area contributed by atoms with E-state index in [0.717, 1.165) is 36.8 Å². The third kappa shape index (κ3) is 6.09. The number of benzene rings is 2. The van der Waals surface area contributed by atoms with Crippen molar-refractivity contribution in [2.75, 3.05) is 19.1 Å². The first kappa shape index (κ1) is 28.7. The maximum Gasteiger partial charge on any atom is 0.251 e. The summed E-state index contributed by atoms with van der Waals surface area (Å²) in [7, 11) is 3.11. The summed E-state index contributed by atoms with van der Waals surface area (Å²) in [5.74, 6) is 0.831. The molecular formula is C31H35N7O4. The Kier molecular flexibility index (Phi) is 8.75. The van der Waals surface area contributed by atoms with Crippen LogP contribution >= 0.6 is 0 Å². The second kappa shape index (κ2) is 12.8. The molecule has 0 radical (unpaired) electrons. The molecule has 1 atom stereocenters. The molecule has 1 fully saturated rings. The minimum absolute atomic E-state index is 0.0819. The molecule has 11 heteroatoms. The van der Waals surface area contributed by atoms with Gasteiger partial charge in [-0.15, -0.1) is 10.2 Å². The summed E-state index contributed by atoms with van der Waals surface area (Å²) < 4.78 is 10.7. The van der Waals surface area contributed by atoms with E-state index in [-0.39, 0.29) is 24.4 Å². The number of ether oxygens (including phenoxy) is 2. The molecule has 0 bridgehead atoms. The number of hydrogen-bond acceptors (Lipinski definition) is 8. The fraction of sp³-hybridized carbons (Fsp3) is 0.355. The lowest BCUT2D eigenvalue weighted by molar-refractivity contribution is -0.127. The fourth-order valence-electron chi connectivity index (χ4n) is 5.33. The Bertz CT molecular complexity index is 1550. The van der Waals surface area contributed by atoms with E-state index < -0.39 is 6.04 Å². The van der Waals surface area contributed by atoms with Crippen molar-refractivity contribution in [3.8, 4) is 22.9 Å². The third-order valence-corrected chi connectivity index (χ3v) is 7.71. The van der Waals surface area contributed by atoms with Crippen LogP contribution in [0.4, 0.5) is 5.69 Å². The first-order chi connectivity index (χ1) is 20.4. The minimum Gasteiger partial charge on any atom is -0.493 e. The van der Waals surface area contributed by atoms with Gasteiger partial charge in [0.05, 0.1) is 14.2 Å². The largest absolute Gasteiger partial charge is 0.493 e. The van der Waals surface area contributed by atoms with Crippen LogP contribution in [-0.2, 0) is 16.1 Å². The second-order valence-electron chi connectivity index (χ2n) is 10.4. The lowest BCUT2D eigenvalue weighted by Gasteiger charge is -2.33. The second-order valence-corrected chi connectivity index (χ2v) is 10.4. The van der Waals surface area contributed by atoms with Crippen molar-refractivity contribution in [3.05, 3.63) is 77.6 Å². The van der Waals surface area contributed by atoms with Crippen LogP contribution in [0.5, 0.6) is 11.5 Å². The number of anilines is 1. The fourth-order valence-corrected chi connectivity index (χ4v) is 5.33. The summed E-state index contributed by atoms with van der Waals surface area (Å²) in [6.45, 7) is 3.70. The van der Waals surface area contributed by atoms with Gasteiger partial charge in [0.15, 0.2) is 11.5 Å². The number of aromatic nitrogens is 5. The van der Waals surface area contributed by atoms with E-state index in [4.69, 9.17) is 9.47 Å². The van der Waals surface area contributed by atoms with Crippen LogP contribution in [0, 0.1) is 13.8 Å². The van der Waals surface area contributed by atoms with E-state index in [1.165, 1.54) is 4.80 Å². The van der Waals surface area contributed by atoms with E-state index >= 15 is 0 Å². The molecule has 0 aliphatic heterocycles. The van der Waals surface area contributed by atoms with Crippen molar-refractivity contribution in [3.63, 3.8) is 0 Å². The molecule has 1 N–H and O–H groups in total. The Hall–Kier alpha value is -4.80. The highest BCUT2D eigenvalue weighted by Crippen LogP contribution is 2.33. The standard InChI is InChI=1S/C31H35N7O4/c1-20-8-7-11-25(21(20)2)38(29(22-14-16-32-17-15-22)31(40)33-24-9-5-6-10-24)28(39)19-37-35-30(34-36-37)23-12-13-26(41-3)27(18-23)42-4/h7-8,11-18,24,29H,5-6,9-10,19H2,1-4H3,(H,33,40)/t29-/m0/s1. The lowest BCUT2D eigenvalue weighted by atomic mass is 10.0. The first-order valence-electron chi connectivity index (χ1n) is 14.0. The molecule has 1 aliphatic carbocycles. The smallest absolute Gasteiger partial charge is 0.251 e. The topological polar surface area (TPSA) is 124 Å². The van der Waals surface area contributed by atoms with E-state index in [1.807, 2.05) is 32.0 Å². The SMILES string of the molecule is COc1ccc(-c2nnn(CC(=O)N(c3cccc(C)c3C)[C@H](C(=O)NC3CCCC3)c3ccncc3)n2)cc1OC. The van der Waals surface area contributed by atoms with Gasteiger partial charge in [-0.2, -0.15) is 4.80 Å². The van der Waals surface area contributed by atoms with Gasteiger partial charge >= 0.3 is 0 Å². The molecule has 0 saturated heterocycles. The number of carbonyl (C=O) groups excluding carboxylic acids is 2. The van der Waals surface area contributed by atoms with Gasteiger partial charge in [-0.3, -0.25) is 19.5 Å². The number of amides is 2. The molecule has 218 valence electrons. The third-order valence-electron chi connectivity index (χ3n) is 7.71. The zero-order valence-corrected chi connectivity index (χ0v) is 24.3. The van der Waals surface area contributed by atoms with Crippen LogP contribution in [0.3, 0.4) is 0 Å². The van der Waals surface area contributed by atoms with Gasteiger partial charge in [0.2, 0.25) is 11.7 Å². The maximum atomic E-state index is 14.2. The van der Waals surface area contributed by atoms with Crippen molar-refractivity contribution in [2.45, 2.75) is 58.2 Å². The molecule has 2 heterocycles. The zero-order valence-electron chi connectivity index (χ0n) is 24.3. The van der Waals surface area contributed by atoms with Crippen molar-refractivity contribution >= 4 is 17.5 Å². The molecule has 2 aromatic carbocycles. The van der Waals surface area contributed by atoms with Crippen molar-refractivity contribution < 1.29 is 19.1 Å². The Morgan fingerprint density at radius 3 is 2.48 bits per heavy atom. The molecule has 0 unspecified atom stereocenters. The summed E-state index contributed by atoms with van der Waals surface area (Å²) in [5.41, 5.74) is 3.86. The van der Waals surface area contributed by atoms with Gasteiger partial charge in [0.25, 0.3) is 5.91 Å². The number of pyridine rings is 1.